The van der Waals surface area contributed by atoms with Crippen molar-refractivity contribution in [2.75, 3.05) is 12.0 Å². The average Bonchev–Trinajstić information content (AvgIpc) is 3.11. The highest BCUT2D eigenvalue weighted by molar-refractivity contribution is 7.80. The molecule has 2 amide bonds. The molecule has 0 aliphatic carbocycles. The van der Waals surface area contributed by atoms with Crippen LogP contribution in [0.5, 0.6) is 0 Å². The van der Waals surface area contributed by atoms with Crippen LogP contribution in [0, 0.1) is 26.6 Å². The lowest BCUT2D eigenvalue weighted by molar-refractivity contribution is -0.122. The van der Waals surface area contributed by atoms with Gasteiger partial charge in [0.1, 0.15) is 11.4 Å². The maximum absolute atomic E-state index is 13.7. The summed E-state index contributed by atoms with van der Waals surface area (Å²) in [6.07, 6.45) is 1.48. The van der Waals surface area contributed by atoms with Crippen LogP contribution in [0.15, 0.2) is 48.0 Å². The standard InChI is InChI=1S/C26H21ClFN3O4S/c1-13-10-16(15(3)30(13)22-7-5-6-18(14(22)2)25(34)35-4)11-19-23(32)29-26(36)31(24(19)33)17-8-9-21(28)20(27)12-17/h5-12H,1-4H3,(H,29,32,36)/b19-11+. The molecule has 1 aliphatic rings. The molecule has 1 fully saturated rings. The highest BCUT2D eigenvalue weighted by Gasteiger charge is 2.35. The Labute approximate surface area is 217 Å². The molecule has 4 rings (SSSR count). The van der Waals surface area contributed by atoms with E-state index in [1.54, 1.807) is 12.1 Å². The fourth-order valence-electron chi connectivity index (χ4n) is 4.17. The van der Waals surface area contributed by atoms with Crippen molar-refractivity contribution in [3.63, 3.8) is 0 Å². The van der Waals surface area contributed by atoms with Gasteiger partial charge >= 0.3 is 5.97 Å². The average molecular weight is 526 g/mol. The lowest BCUT2D eigenvalue weighted by Crippen LogP contribution is -2.54. The molecule has 1 saturated heterocycles. The van der Waals surface area contributed by atoms with Crippen molar-refractivity contribution >= 4 is 58.5 Å². The number of aromatic nitrogens is 1. The first kappa shape index (κ1) is 25.3. The SMILES string of the molecule is COC(=O)c1cccc(-n2c(C)cc(/C=C3\C(=O)NC(=S)N(c4ccc(F)c(Cl)c4)C3=O)c2C)c1C. The van der Waals surface area contributed by atoms with E-state index in [1.165, 1.54) is 25.3 Å². The number of carbonyl (C=O) groups is 3. The summed E-state index contributed by atoms with van der Waals surface area (Å²) in [5, 5.41) is 2.19. The lowest BCUT2D eigenvalue weighted by Gasteiger charge is -2.29. The second kappa shape index (κ2) is 9.67. The van der Waals surface area contributed by atoms with Crippen LogP contribution >= 0.6 is 23.8 Å². The molecule has 1 N–H and O–H groups in total. The first-order valence-corrected chi connectivity index (χ1v) is 11.6. The smallest absolute Gasteiger partial charge is 0.338 e. The molecule has 184 valence electrons. The van der Waals surface area contributed by atoms with Crippen molar-refractivity contribution in [3.05, 3.63) is 87.0 Å². The van der Waals surface area contributed by atoms with Gasteiger partial charge in [-0.1, -0.05) is 17.7 Å². The number of benzene rings is 2. The van der Waals surface area contributed by atoms with Crippen LogP contribution in [-0.2, 0) is 14.3 Å². The van der Waals surface area contributed by atoms with Crippen LogP contribution in [0.2, 0.25) is 5.02 Å². The van der Waals surface area contributed by atoms with Gasteiger partial charge < -0.3 is 9.30 Å². The van der Waals surface area contributed by atoms with Crippen molar-refractivity contribution in [3.8, 4) is 5.69 Å². The third kappa shape index (κ3) is 4.31. The van der Waals surface area contributed by atoms with Gasteiger partial charge in [0.05, 0.1) is 23.4 Å². The van der Waals surface area contributed by atoms with E-state index in [9.17, 15) is 18.8 Å². The quantitative estimate of drug-likeness (QED) is 0.229. The predicted octanol–water partition coefficient (Wildman–Crippen LogP) is 4.81. The molecule has 2 heterocycles. The molecule has 1 aliphatic heterocycles. The number of nitrogens with one attached hydrogen (secondary N) is 1. The molecule has 3 aromatic rings. The van der Waals surface area contributed by atoms with Crippen LogP contribution in [0.1, 0.15) is 32.9 Å². The number of rotatable bonds is 4. The minimum absolute atomic E-state index is 0.134. The van der Waals surface area contributed by atoms with Crippen molar-refractivity contribution < 1.29 is 23.5 Å². The maximum atomic E-state index is 13.7. The third-order valence-electron chi connectivity index (χ3n) is 5.98. The van der Waals surface area contributed by atoms with E-state index in [1.807, 2.05) is 37.5 Å². The molecule has 10 heteroatoms. The number of amides is 2. The van der Waals surface area contributed by atoms with E-state index in [4.69, 9.17) is 28.6 Å². The number of halogens is 2. The van der Waals surface area contributed by atoms with E-state index >= 15 is 0 Å². The molecule has 0 atom stereocenters. The minimum atomic E-state index is -0.667. The Balaban J connectivity index is 1.79. The fraction of sp³-hybridized carbons (Fsp3) is 0.154. The normalized spacial score (nSPS) is 14.9. The molecule has 0 spiro atoms. The molecule has 0 radical (unpaired) electrons. The first-order valence-electron chi connectivity index (χ1n) is 10.8. The number of thiocarbonyl (C=S) groups is 1. The fourth-order valence-corrected chi connectivity index (χ4v) is 4.63. The Hall–Kier alpha value is -3.82. The zero-order valence-corrected chi connectivity index (χ0v) is 21.4. The van der Waals surface area contributed by atoms with Gasteiger partial charge in [-0.2, -0.15) is 0 Å². The molecular formula is C26H21ClFN3O4S. The zero-order chi connectivity index (χ0) is 26.3. The summed E-state index contributed by atoms with van der Waals surface area (Å²) in [6, 6.07) is 10.9. The molecule has 36 heavy (non-hydrogen) atoms. The molecule has 7 nitrogen and oxygen atoms in total. The molecular weight excluding hydrogens is 505 g/mol. The van der Waals surface area contributed by atoms with Crippen LogP contribution in [0.4, 0.5) is 10.1 Å². The van der Waals surface area contributed by atoms with E-state index in [0.29, 0.717) is 11.1 Å². The van der Waals surface area contributed by atoms with E-state index in [0.717, 1.165) is 33.6 Å². The number of nitrogens with zero attached hydrogens (tertiary/aromatic N) is 2. The number of methoxy groups -OCH3 is 1. The monoisotopic (exact) mass is 525 g/mol. The van der Waals surface area contributed by atoms with Gasteiger partial charge in [0.25, 0.3) is 11.8 Å². The van der Waals surface area contributed by atoms with Gasteiger partial charge in [0.2, 0.25) is 0 Å². The Morgan fingerprint density at radius 3 is 2.53 bits per heavy atom. The second-order valence-electron chi connectivity index (χ2n) is 8.16. The highest BCUT2D eigenvalue weighted by Crippen LogP contribution is 2.29. The molecule has 0 saturated carbocycles. The van der Waals surface area contributed by atoms with E-state index < -0.39 is 23.6 Å². The highest BCUT2D eigenvalue weighted by atomic mass is 35.5. The number of hydrogen-bond donors (Lipinski definition) is 1. The van der Waals surface area contributed by atoms with Gasteiger partial charge in [-0.25, -0.2) is 9.18 Å². The zero-order valence-electron chi connectivity index (χ0n) is 19.8. The summed E-state index contributed by atoms with van der Waals surface area (Å²) in [7, 11) is 1.33. The molecule has 2 aromatic carbocycles. The van der Waals surface area contributed by atoms with Crippen molar-refractivity contribution in [2.24, 2.45) is 0 Å². The lowest BCUT2D eigenvalue weighted by atomic mass is 10.1. The Morgan fingerprint density at radius 1 is 1.14 bits per heavy atom. The van der Waals surface area contributed by atoms with E-state index in [-0.39, 0.29) is 21.4 Å². The number of hydrogen-bond acceptors (Lipinski definition) is 5. The van der Waals surface area contributed by atoms with Gasteiger partial charge in [0, 0.05) is 17.1 Å². The van der Waals surface area contributed by atoms with Gasteiger partial charge in [-0.3, -0.25) is 19.8 Å². The summed E-state index contributed by atoms with van der Waals surface area (Å²) in [4.78, 5) is 39.3. The summed E-state index contributed by atoms with van der Waals surface area (Å²) >= 11 is 11.1. The van der Waals surface area contributed by atoms with Crippen LogP contribution < -0.4 is 10.2 Å². The molecule has 0 bridgehead atoms. The van der Waals surface area contributed by atoms with Gasteiger partial charge in [-0.15, -0.1) is 0 Å². The predicted molar refractivity (Wildman–Crippen MR) is 139 cm³/mol. The molecule has 1 aromatic heterocycles. The number of esters is 1. The van der Waals surface area contributed by atoms with Gasteiger partial charge in [-0.05, 0) is 86.6 Å². The number of anilines is 1. The summed E-state index contributed by atoms with van der Waals surface area (Å²) in [6.45, 7) is 5.55. The third-order valence-corrected chi connectivity index (χ3v) is 6.56. The minimum Gasteiger partial charge on any atom is -0.465 e. The van der Waals surface area contributed by atoms with Crippen molar-refractivity contribution in [1.82, 2.24) is 9.88 Å². The largest absolute Gasteiger partial charge is 0.465 e. The van der Waals surface area contributed by atoms with Crippen LogP contribution in [0.25, 0.3) is 11.8 Å². The Kier molecular flexibility index (Phi) is 6.79. The summed E-state index contributed by atoms with van der Waals surface area (Å²) < 4.78 is 20.5. The first-order chi connectivity index (χ1) is 17.0. The maximum Gasteiger partial charge on any atom is 0.338 e. The topological polar surface area (TPSA) is 80.6 Å². The number of aryl methyl sites for hydroxylation is 1. The summed E-state index contributed by atoms with van der Waals surface area (Å²) in [5.74, 6) is -2.40. The number of ether oxygens (including phenoxy) is 1. The number of carbonyl (C=O) groups excluding carboxylic acids is 3. The second-order valence-corrected chi connectivity index (χ2v) is 8.95. The van der Waals surface area contributed by atoms with Crippen LogP contribution in [0.3, 0.4) is 0 Å². The van der Waals surface area contributed by atoms with Crippen molar-refractivity contribution in [1.29, 1.82) is 0 Å². The van der Waals surface area contributed by atoms with Gasteiger partial charge in [0.15, 0.2) is 5.11 Å². The van der Waals surface area contributed by atoms with Crippen molar-refractivity contribution in [2.45, 2.75) is 20.8 Å². The molecule has 0 unspecified atom stereocenters. The Bertz CT molecular complexity index is 1490. The summed E-state index contributed by atoms with van der Waals surface area (Å²) in [5.41, 5.74) is 4.20. The van der Waals surface area contributed by atoms with E-state index in [2.05, 4.69) is 5.32 Å². The Morgan fingerprint density at radius 2 is 1.86 bits per heavy atom. The van der Waals surface area contributed by atoms with Crippen LogP contribution in [-0.4, -0.2) is 34.6 Å².